The molecule has 0 bridgehead atoms. The van der Waals surface area contributed by atoms with E-state index in [4.69, 9.17) is 0 Å². The van der Waals surface area contributed by atoms with Crippen molar-refractivity contribution in [2.75, 3.05) is 5.32 Å². The van der Waals surface area contributed by atoms with Crippen LogP contribution < -0.4 is 10.6 Å². The van der Waals surface area contributed by atoms with Crippen LogP contribution in [0.4, 0.5) is 5.69 Å². The van der Waals surface area contributed by atoms with Crippen molar-refractivity contribution < 1.29 is 9.59 Å². The average Bonchev–Trinajstić information content (AvgIpc) is 3.27. The Morgan fingerprint density at radius 3 is 2.74 bits per heavy atom. The largest absolute Gasteiger partial charge is 0.361 e. The van der Waals surface area contributed by atoms with Gasteiger partial charge in [0.2, 0.25) is 11.8 Å². The smallest absolute Gasteiger partial charge is 0.247 e. The van der Waals surface area contributed by atoms with Crippen molar-refractivity contribution >= 4 is 39.3 Å². The van der Waals surface area contributed by atoms with Crippen LogP contribution in [-0.2, 0) is 16.0 Å². The quantitative estimate of drug-likeness (QED) is 0.440. The van der Waals surface area contributed by atoms with Crippen LogP contribution >= 0.6 is 0 Å². The second-order valence-corrected chi connectivity index (χ2v) is 6.59. The van der Waals surface area contributed by atoms with Gasteiger partial charge in [-0.25, -0.2) is 0 Å². The van der Waals surface area contributed by atoms with Gasteiger partial charge < -0.3 is 20.6 Å². The number of rotatable bonds is 5. The van der Waals surface area contributed by atoms with Gasteiger partial charge in [0.25, 0.3) is 0 Å². The van der Waals surface area contributed by atoms with E-state index in [1.165, 1.54) is 6.92 Å². The molecule has 0 aliphatic heterocycles. The van der Waals surface area contributed by atoms with Crippen molar-refractivity contribution in [2.45, 2.75) is 19.4 Å². The summed E-state index contributed by atoms with van der Waals surface area (Å²) in [5.41, 5.74) is 3.69. The SMILES string of the molecule is CC(=O)NC(Cc1c[nH]c2ccccc12)C(=O)Nc1ccc2[nH]ccc2c1. The fourth-order valence-electron chi connectivity index (χ4n) is 3.34. The van der Waals surface area contributed by atoms with E-state index in [-0.39, 0.29) is 11.8 Å². The normalized spacial score (nSPS) is 12.2. The number of hydrogen-bond donors (Lipinski definition) is 4. The number of aromatic nitrogens is 2. The highest BCUT2D eigenvalue weighted by atomic mass is 16.2. The first-order valence-corrected chi connectivity index (χ1v) is 8.80. The molecule has 0 saturated carbocycles. The zero-order chi connectivity index (χ0) is 18.8. The van der Waals surface area contributed by atoms with Crippen molar-refractivity contribution in [1.82, 2.24) is 15.3 Å². The number of nitrogens with one attached hydrogen (secondary N) is 4. The van der Waals surface area contributed by atoms with E-state index >= 15 is 0 Å². The van der Waals surface area contributed by atoms with Crippen molar-refractivity contribution in [3.05, 3.63) is 66.5 Å². The van der Waals surface area contributed by atoms with Crippen LogP contribution in [-0.4, -0.2) is 27.8 Å². The molecule has 2 heterocycles. The van der Waals surface area contributed by atoms with Crippen LogP contribution in [0.2, 0.25) is 0 Å². The van der Waals surface area contributed by atoms with Gasteiger partial charge in [-0.15, -0.1) is 0 Å². The third-order valence-electron chi connectivity index (χ3n) is 4.61. The predicted octanol–water partition coefficient (Wildman–Crippen LogP) is 3.34. The zero-order valence-corrected chi connectivity index (χ0v) is 14.9. The highest BCUT2D eigenvalue weighted by Gasteiger charge is 2.21. The van der Waals surface area contributed by atoms with Gasteiger partial charge in [0, 0.05) is 53.2 Å². The third-order valence-corrected chi connectivity index (χ3v) is 4.61. The Balaban J connectivity index is 1.57. The molecule has 4 N–H and O–H groups in total. The maximum atomic E-state index is 12.8. The Morgan fingerprint density at radius 2 is 1.89 bits per heavy atom. The minimum Gasteiger partial charge on any atom is -0.361 e. The first kappa shape index (κ1) is 16.9. The predicted molar refractivity (Wildman–Crippen MR) is 107 cm³/mol. The fourth-order valence-corrected chi connectivity index (χ4v) is 3.34. The molecule has 0 fully saturated rings. The number of anilines is 1. The second kappa shape index (κ2) is 6.99. The summed E-state index contributed by atoms with van der Waals surface area (Å²) in [6, 6.07) is 14.8. The van der Waals surface area contributed by atoms with E-state index in [0.29, 0.717) is 12.1 Å². The number of benzene rings is 2. The van der Waals surface area contributed by atoms with Crippen LogP contribution in [0.3, 0.4) is 0 Å². The molecule has 0 aliphatic carbocycles. The fraction of sp³-hybridized carbons (Fsp3) is 0.143. The monoisotopic (exact) mass is 360 g/mol. The lowest BCUT2D eigenvalue weighted by Gasteiger charge is -2.17. The lowest BCUT2D eigenvalue weighted by atomic mass is 10.0. The zero-order valence-electron chi connectivity index (χ0n) is 14.9. The maximum Gasteiger partial charge on any atom is 0.247 e. The highest BCUT2D eigenvalue weighted by molar-refractivity contribution is 5.99. The maximum absolute atomic E-state index is 12.8. The number of carbonyl (C=O) groups is 2. The molecule has 0 spiro atoms. The second-order valence-electron chi connectivity index (χ2n) is 6.59. The van der Waals surface area contributed by atoms with Gasteiger partial charge in [0.15, 0.2) is 0 Å². The van der Waals surface area contributed by atoms with Gasteiger partial charge in [-0.1, -0.05) is 18.2 Å². The number of hydrogen-bond acceptors (Lipinski definition) is 2. The molecular formula is C21H20N4O2. The number of amides is 2. The molecule has 2 amide bonds. The topological polar surface area (TPSA) is 89.8 Å². The van der Waals surface area contributed by atoms with E-state index in [9.17, 15) is 9.59 Å². The van der Waals surface area contributed by atoms with Gasteiger partial charge in [-0.2, -0.15) is 0 Å². The minimum atomic E-state index is -0.663. The van der Waals surface area contributed by atoms with Crippen LogP contribution in [0, 0.1) is 0 Å². The Bertz CT molecular complexity index is 1130. The first-order chi connectivity index (χ1) is 13.1. The Hall–Kier alpha value is -3.54. The molecule has 2 aromatic carbocycles. The van der Waals surface area contributed by atoms with E-state index in [1.54, 1.807) is 0 Å². The van der Waals surface area contributed by atoms with E-state index in [0.717, 1.165) is 27.4 Å². The number of carbonyl (C=O) groups excluding carboxylic acids is 2. The van der Waals surface area contributed by atoms with Crippen LogP contribution in [0.25, 0.3) is 21.8 Å². The molecule has 1 unspecified atom stereocenters. The van der Waals surface area contributed by atoms with Crippen molar-refractivity contribution in [3.63, 3.8) is 0 Å². The summed E-state index contributed by atoms with van der Waals surface area (Å²) in [7, 11) is 0. The molecule has 0 aliphatic rings. The summed E-state index contributed by atoms with van der Waals surface area (Å²) in [5, 5.41) is 7.74. The standard InChI is InChI=1S/C21H20N4O2/c1-13(26)24-20(11-15-12-23-19-5-3-2-4-17(15)19)21(27)25-16-6-7-18-14(10-16)8-9-22-18/h2-10,12,20,22-23H,11H2,1H3,(H,24,26)(H,25,27). The van der Waals surface area contributed by atoms with Gasteiger partial charge >= 0.3 is 0 Å². The Kier molecular flexibility index (Phi) is 4.38. The van der Waals surface area contributed by atoms with Crippen molar-refractivity contribution in [2.24, 2.45) is 0 Å². The summed E-state index contributed by atoms with van der Waals surface area (Å²) in [6.07, 6.45) is 4.15. The summed E-state index contributed by atoms with van der Waals surface area (Å²) in [4.78, 5) is 30.8. The van der Waals surface area contributed by atoms with Crippen LogP contribution in [0.1, 0.15) is 12.5 Å². The molecular weight excluding hydrogens is 340 g/mol. The highest BCUT2D eigenvalue weighted by Crippen LogP contribution is 2.21. The first-order valence-electron chi connectivity index (χ1n) is 8.80. The summed E-state index contributed by atoms with van der Waals surface area (Å²) in [5.74, 6) is -0.485. The van der Waals surface area contributed by atoms with E-state index < -0.39 is 6.04 Å². The molecule has 6 nitrogen and oxygen atoms in total. The summed E-state index contributed by atoms with van der Waals surface area (Å²) >= 11 is 0. The molecule has 4 rings (SSSR count). The van der Waals surface area contributed by atoms with Gasteiger partial charge in [-0.3, -0.25) is 9.59 Å². The van der Waals surface area contributed by atoms with Crippen molar-refractivity contribution in [1.29, 1.82) is 0 Å². The lowest BCUT2D eigenvalue weighted by Crippen LogP contribution is -2.44. The van der Waals surface area contributed by atoms with Crippen LogP contribution in [0.5, 0.6) is 0 Å². The lowest BCUT2D eigenvalue weighted by molar-refractivity contribution is -0.125. The van der Waals surface area contributed by atoms with Crippen molar-refractivity contribution in [3.8, 4) is 0 Å². The summed E-state index contributed by atoms with van der Waals surface area (Å²) < 4.78 is 0. The number of H-pyrrole nitrogens is 2. The van der Waals surface area contributed by atoms with E-state index in [2.05, 4.69) is 20.6 Å². The van der Waals surface area contributed by atoms with Crippen LogP contribution in [0.15, 0.2) is 60.9 Å². The van der Waals surface area contributed by atoms with E-state index in [1.807, 2.05) is 60.9 Å². The molecule has 136 valence electrons. The summed E-state index contributed by atoms with van der Waals surface area (Å²) in [6.45, 7) is 1.42. The molecule has 1 atom stereocenters. The molecule has 6 heteroatoms. The molecule has 0 radical (unpaired) electrons. The minimum absolute atomic E-state index is 0.240. The third kappa shape index (κ3) is 3.55. The number of fused-ring (bicyclic) bond motifs is 2. The van der Waals surface area contributed by atoms with Gasteiger partial charge in [0.05, 0.1) is 0 Å². The molecule has 0 saturated heterocycles. The number of aromatic amines is 2. The molecule has 27 heavy (non-hydrogen) atoms. The Labute approximate surface area is 156 Å². The molecule has 2 aromatic heterocycles. The van der Waals surface area contributed by atoms with Gasteiger partial charge in [-0.05, 0) is 35.9 Å². The molecule has 4 aromatic rings. The van der Waals surface area contributed by atoms with Gasteiger partial charge in [0.1, 0.15) is 6.04 Å². The Morgan fingerprint density at radius 1 is 1.04 bits per heavy atom. The number of para-hydroxylation sites is 1. The average molecular weight is 360 g/mol.